The highest BCUT2D eigenvalue weighted by atomic mass is 16.5. The van der Waals surface area contributed by atoms with Gasteiger partial charge in [0.1, 0.15) is 0 Å². The van der Waals surface area contributed by atoms with Gasteiger partial charge in [-0.15, -0.1) is 5.10 Å². The van der Waals surface area contributed by atoms with Gasteiger partial charge in [-0.3, -0.25) is 9.48 Å². The minimum atomic E-state index is -0.357. The van der Waals surface area contributed by atoms with Gasteiger partial charge in [-0.1, -0.05) is 53.7 Å². The maximum absolute atomic E-state index is 11.5. The van der Waals surface area contributed by atoms with E-state index in [4.69, 9.17) is 9.47 Å². The van der Waals surface area contributed by atoms with Crippen LogP contribution in [0.3, 0.4) is 0 Å². The summed E-state index contributed by atoms with van der Waals surface area (Å²) < 4.78 is 12.5. The van der Waals surface area contributed by atoms with Gasteiger partial charge in [-0.25, -0.2) is 0 Å². The maximum Gasteiger partial charge on any atom is 0.225 e. The number of aromatic nitrogens is 3. The monoisotopic (exact) mass is 356 g/mol. The van der Waals surface area contributed by atoms with Gasteiger partial charge in [0.25, 0.3) is 0 Å². The molecule has 0 aliphatic carbocycles. The Hall–Kier alpha value is -1.47. The molecule has 146 valence electrons. The fourth-order valence-corrected chi connectivity index (χ4v) is 1.33. The van der Waals surface area contributed by atoms with Crippen LogP contribution < -0.4 is 5.32 Å². The highest BCUT2D eigenvalue weighted by Gasteiger charge is 2.20. The number of amides is 1. The molecule has 0 aliphatic heterocycles. The molecule has 25 heavy (non-hydrogen) atoms. The van der Waals surface area contributed by atoms with E-state index < -0.39 is 0 Å². The number of carbonyl (C=O) groups excluding carboxylic acids is 1. The van der Waals surface area contributed by atoms with Crippen LogP contribution in [0.15, 0.2) is 12.4 Å². The van der Waals surface area contributed by atoms with Crippen LogP contribution in [0.25, 0.3) is 0 Å². The first kappa shape index (κ1) is 23.5. The fraction of sp³-hybridized carbons (Fsp3) is 0.833. The van der Waals surface area contributed by atoms with Gasteiger partial charge in [0.2, 0.25) is 5.91 Å². The zero-order chi connectivity index (χ0) is 19.3. The van der Waals surface area contributed by atoms with Gasteiger partial charge in [-0.05, 0) is 5.41 Å². The molecule has 1 amide bonds. The molecule has 0 fully saturated rings. The predicted octanol–water partition coefficient (Wildman–Crippen LogP) is 2.53. The van der Waals surface area contributed by atoms with Crippen LogP contribution in [-0.2, 0) is 20.8 Å². The van der Waals surface area contributed by atoms with Crippen molar-refractivity contribution in [3.63, 3.8) is 0 Å². The van der Waals surface area contributed by atoms with E-state index in [0.717, 1.165) is 0 Å². The molecule has 7 heteroatoms. The van der Waals surface area contributed by atoms with Gasteiger partial charge in [0.05, 0.1) is 39.2 Å². The average molecular weight is 357 g/mol. The summed E-state index contributed by atoms with van der Waals surface area (Å²) in [6.07, 6.45) is 3.42. The molecule has 1 aromatic heterocycles. The molecule has 0 radical (unpaired) electrons. The maximum atomic E-state index is 11.5. The van der Waals surface area contributed by atoms with Crippen molar-refractivity contribution in [1.82, 2.24) is 20.3 Å². The van der Waals surface area contributed by atoms with Crippen molar-refractivity contribution >= 4 is 5.91 Å². The van der Waals surface area contributed by atoms with Gasteiger partial charge < -0.3 is 14.8 Å². The Bertz CT molecular complexity index is 442. The molecule has 0 spiro atoms. The number of carbonyl (C=O) groups is 1. The van der Waals surface area contributed by atoms with Crippen LogP contribution in [-0.4, -0.2) is 53.9 Å². The summed E-state index contributed by atoms with van der Waals surface area (Å²) in [7, 11) is 0. The van der Waals surface area contributed by atoms with Crippen molar-refractivity contribution in [1.29, 1.82) is 0 Å². The number of rotatable bonds is 9. The summed E-state index contributed by atoms with van der Waals surface area (Å²) in [6, 6.07) is 0. The lowest BCUT2D eigenvalue weighted by atomic mass is 9.96. The molecule has 0 aliphatic rings. The lowest BCUT2D eigenvalue weighted by Crippen LogP contribution is -2.36. The third-order valence-corrected chi connectivity index (χ3v) is 2.52. The predicted molar refractivity (Wildman–Crippen MR) is 99.3 cm³/mol. The number of nitrogens with zero attached hydrogens (tertiary/aromatic N) is 3. The van der Waals surface area contributed by atoms with E-state index in [0.29, 0.717) is 44.9 Å². The molecule has 7 nitrogen and oxygen atoms in total. The Morgan fingerprint density at radius 2 is 1.56 bits per heavy atom. The minimum absolute atomic E-state index is 0.0326. The molecule has 1 aromatic rings. The molecule has 0 saturated heterocycles. The van der Waals surface area contributed by atoms with Crippen LogP contribution in [0.2, 0.25) is 0 Å². The van der Waals surface area contributed by atoms with E-state index in [1.54, 1.807) is 17.1 Å². The molecular weight excluding hydrogens is 320 g/mol. The molecule has 1 N–H and O–H groups in total. The standard InChI is InChI=1S/C13H24N4O3.C5H12/c1-13(2,3)12(18)14-5-8-19-10-11-20-9-7-17-6-4-15-16-17;1-5(2,3)4/h4,6H,5,7-11H2,1-3H3,(H,14,18);1-4H3. The summed E-state index contributed by atoms with van der Waals surface area (Å²) in [5, 5.41) is 10.3. The van der Waals surface area contributed by atoms with Gasteiger partial charge in [0, 0.05) is 18.2 Å². The van der Waals surface area contributed by atoms with E-state index in [9.17, 15) is 4.79 Å². The highest BCUT2D eigenvalue weighted by molar-refractivity contribution is 5.81. The Labute approximate surface area is 152 Å². The second-order valence-corrected chi connectivity index (χ2v) is 8.40. The van der Waals surface area contributed by atoms with Crippen molar-refractivity contribution in [2.24, 2.45) is 10.8 Å². The van der Waals surface area contributed by atoms with Crippen LogP contribution >= 0.6 is 0 Å². The number of hydrogen-bond acceptors (Lipinski definition) is 5. The Balaban J connectivity index is 0.00000101. The smallest absolute Gasteiger partial charge is 0.225 e. The lowest BCUT2D eigenvalue weighted by Gasteiger charge is -2.17. The molecule has 1 heterocycles. The highest BCUT2D eigenvalue weighted by Crippen LogP contribution is 2.11. The van der Waals surface area contributed by atoms with Crippen LogP contribution in [0.4, 0.5) is 0 Å². The summed E-state index contributed by atoms with van der Waals surface area (Å²) in [5.41, 5.74) is 0.143. The summed E-state index contributed by atoms with van der Waals surface area (Å²) in [6.45, 7) is 17.7. The van der Waals surface area contributed by atoms with Crippen molar-refractivity contribution in [3.05, 3.63) is 12.4 Å². The molecule has 0 unspecified atom stereocenters. The Kier molecular flexibility index (Phi) is 11.3. The third-order valence-electron chi connectivity index (χ3n) is 2.52. The topological polar surface area (TPSA) is 78.3 Å². The van der Waals surface area contributed by atoms with Crippen LogP contribution in [0.5, 0.6) is 0 Å². The number of nitrogens with one attached hydrogen (secondary N) is 1. The third kappa shape index (κ3) is 17.2. The molecule has 0 aromatic carbocycles. The number of ether oxygens (including phenoxy) is 2. The molecule has 0 bridgehead atoms. The van der Waals surface area contributed by atoms with E-state index >= 15 is 0 Å². The van der Waals surface area contributed by atoms with E-state index in [1.165, 1.54) is 0 Å². The average Bonchev–Trinajstić information content (AvgIpc) is 2.95. The summed E-state index contributed by atoms with van der Waals surface area (Å²) in [4.78, 5) is 11.5. The lowest BCUT2D eigenvalue weighted by molar-refractivity contribution is -0.128. The van der Waals surface area contributed by atoms with Crippen molar-refractivity contribution in [2.75, 3.05) is 33.0 Å². The quantitative estimate of drug-likeness (QED) is 0.688. The SMILES string of the molecule is CC(C)(C)C.CC(C)(C)C(=O)NCCOCCOCCn1ccnn1. The Morgan fingerprint density at radius 3 is 2.04 bits per heavy atom. The van der Waals surface area contributed by atoms with E-state index in [2.05, 4.69) is 43.3 Å². The zero-order valence-electron chi connectivity index (χ0n) is 17.0. The van der Waals surface area contributed by atoms with Gasteiger partial charge in [-0.2, -0.15) is 0 Å². The van der Waals surface area contributed by atoms with Crippen LogP contribution in [0, 0.1) is 10.8 Å². The van der Waals surface area contributed by atoms with Crippen molar-refractivity contribution in [3.8, 4) is 0 Å². The van der Waals surface area contributed by atoms with Gasteiger partial charge in [0.15, 0.2) is 0 Å². The van der Waals surface area contributed by atoms with E-state index in [-0.39, 0.29) is 11.3 Å². The first-order chi connectivity index (χ1) is 11.5. The molecule has 1 rings (SSSR count). The fourth-order valence-electron chi connectivity index (χ4n) is 1.33. The molecule has 0 saturated carbocycles. The Morgan fingerprint density at radius 1 is 1.00 bits per heavy atom. The molecule has 0 atom stereocenters. The van der Waals surface area contributed by atoms with Crippen molar-refractivity contribution < 1.29 is 14.3 Å². The van der Waals surface area contributed by atoms with E-state index in [1.807, 2.05) is 20.8 Å². The first-order valence-electron chi connectivity index (χ1n) is 8.78. The zero-order valence-corrected chi connectivity index (χ0v) is 17.0. The van der Waals surface area contributed by atoms with Gasteiger partial charge >= 0.3 is 0 Å². The normalized spacial score (nSPS) is 11.6. The first-order valence-corrected chi connectivity index (χ1v) is 8.78. The largest absolute Gasteiger partial charge is 0.377 e. The molecular formula is C18H36N4O3. The van der Waals surface area contributed by atoms with Crippen LogP contribution in [0.1, 0.15) is 48.5 Å². The minimum Gasteiger partial charge on any atom is -0.377 e. The summed E-state index contributed by atoms with van der Waals surface area (Å²) in [5.74, 6) is 0.0326. The van der Waals surface area contributed by atoms with Crippen molar-refractivity contribution in [2.45, 2.75) is 55.0 Å². The summed E-state index contributed by atoms with van der Waals surface area (Å²) >= 11 is 0. The number of hydrogen-bond donors (Lipinski definition) is 1. The second kappa shape index (κ2) is 12.0. The second-order valence-electron chi connectivity index (χ2n) is 8.40.